The largest absolute Gasteiger partial charge is 0.481 e. The first-order valence-corrected chi connectivity index (χ1v) is 6.52. The highest BCUT2D eigenvalue weighted by Crippen LogP contribution is 2.23. The molecule has 2 aromatic heterocycles. The molecule has 0 aliphatic heterocycles. The lowest BCUT2D eigenvalue weighted by atomic mass is 10.2. The van der Waals surface area contributed by atoms with E-state index in [2.05, 4.69) is 20.5 Å². The maximum absolute atomic E-state index is 12.3. The van der Waals surface area contributed by atoms with Crippen LogP contribution in [-0.4, -0.2) is 33.1 Å². The minimum absolute atomic E-state index is 0.0690. The van der Waals surface area contributed by atoms with Gasteiger partial charge in [-0.05, 0) is 12.1 Å². The summed E-state index contributed by atoms with van der Waals surface area (Å²) in [4.78, 5) is 26.6. The Morgan fingerprint density at radius 1 is 1.35 bits per heavy atom. The Morgan fingerprint density at radius 2 is 2.17 bits per heavy atom. The number of non-ortho nitro benzene ring substituents is 1. The molecule has 0 aliphatic carbocycles. The number of ether oxygens (including phenoxy) is 1. The number of hydrogen-bond acceptors (Lipinski definition) is 6. The minimum atomic E-state index is -0.526. The van der Waals surface area contributed by atoms with E-state index in [-0.39, 0.29) is 11.4 Å². The van der Waals surface area contributed by atoms with Gasteiger partial charge in [-0.2, -0.15) is 5.10 Å². The maximum atomic E-state index is 12.3. The van der Waals surface area contributed by atoms with Gasteiger partial charge in [-0.15, -0.1) is 0 Å². The number of carbonyl (C=O) groups excluding carboxylic acids is 1. The second-order valence-corrected chi connectivity index (χ2v) is 4.60. The molecule has 0 radical (unpaired) electrons. The highest BCUT2D eigenvalue weighted by Gasteiger charge is 2.17. The summed E-state index contributed by atoms with van der Waals surface area (Å²) in [7, 11) is 1.49. The summed E-state index contributed by atoms with van der Waals surface area (Å²) in [6.07, 6.45) is 1.44. The Bertz CT molecular complexity index is 888. The topological polar surface area (TPSA) is 123 Å². The van der Waals surface area contributed by atoms with E-state index < -0.39 is 10.8 Å². The van der Waals surface area contributed by atoms with Crippen LogP contribution in [0, 0.1) is 10.1 Å². The van der Waals surface area contributed by atoms with Crippen LogP contribution in [0.1, 0.15) is 10.5 Å². The van der Waals surface area contributed by atoms with Crippen molar-refractivity contribution >= 4 is 28.2 Å². The van der Waals surface area contributed by atoms with E-state index in [1.165, 1.54) is 31.5 Å². The first-order valence-electron chi connectivity index (χ1n) is 6.52. The monoisotopic (exact) mass is 313 g/mol. The number of methoxy groups -OCH3 is 1. The summed E-state index contributed by atoms with van der Waals surface area (Å²) in [5.74, 6) is -0.0763. The highest BCUT2D eigenvalue weighted by molar-refractivity contribution is 6.11. The van der Waals surface area contributed by atoms with Crippen molar-refractivity contribution in [2.24, 2.45) is 0 Å². The average molecular weight is 313 g/mol. The number of H-pyrrole nitrogens is 1. The number of nitrogens with zero attached hydrogens (tertiary/aromatic N) is 3. The third-order valence-corrected chi connectivity index (χ3v) is 3.18. The fourth-order valence-corrected chi connectivity index (χ4v) is 2.05. The van der Waals surface area contributed by atoms with Gasteiger partial charge in [-0.3, -0.25) is 20.0 Å². The lowest BCUT2D eigenvalue weighted by Gasteiger charge is -2.04. The van der Waals surface area contributed by atoms with Gasteiger partial charge >= 0.3 is 0 Å². The summed E-state index contributed by atoms with van der Waals surface area (Å²) >= 11 is 0. The molecule has 0 atom stereocenters. The standard InChI is InChI=1S/C14H11N5O4/c1-23-12-5-2-8(7-15-12)16-14(20)13-10-6-9(19(21)22)3-4-11(10)17-18-13/h2-7H,1H3,(H,16,20)(H,17,18). The van der Waals surface area contributed by atoms with Gasteiger partial charge in [0.15, 0.2) is 5.69 Å². The molecule has 0 bridgehead atoms. The number of pyridine rings is 1. The molecule has 1 aromatic carbocycles. The van der Waals surface area contributed by atoms with Crippen LogP contribution in [0.2, 0.25) is 0 Å². The van der Waals surface area contributed by atoms with Crippen molar-refractivity contribution in [3.05, 3.63) is 52.3 Å². The van der Waals surface area contributed by atoms with Crippen LogP contribution in [0.5, 0.6) is 5.88 Å². The van der Waals surface area contributed by atoms with Gasteiger partial charge in [0, 0.05) is 23.6 Å². The van der Waals surface area contributed by atoms with Gasteiger partial charge < -0.3 is 10.1 Å². The molecule has 0 unspecified atom stereocenters. The van der Waals surface area contributed by atoms with E-state index in [1.807, 2.05) is 0 Å². The van der Waals surface area contributed by atoms with Crippen molar-refractivity contribution in [2.45, 2.75) is 0 Å². The second-order valence-electron chi connectivity index (χ2n) is 4.60. The third kappa shape index (κ3) is 2.79. The number of aromatic nitrogens is 3. The highest BCUT2D eigenvalue weighted by atomic mass is 16.6. The van der Waals surface area contributed by atoms with Gasteiger partial charge in [0.05, 0.1) is 29.4 Å². The van der Waals surface area contributed by atoms with Gasteiger partial charge in [-0.25, -0.2) is 4.98 Å². The van der Waals surface area contributed by atoms with Crippen LogP contribution < -0.4 is 10.1 Å². The third-order valence-electron chi connectivity index (χ3n) is 3.18. The van der Waals surface area contributed by atoms with Gasteiger partial charge in [0.2, 0.25) is 5.88 Å². The molecule has 9 heteroatoms. The number of benzene rings is 1. The fourth-order valence-electron chi connectivity index (χ4n) is 2.05. The molecule has 2 N–H and O–H groups in total. The summed E-state index contributed by atoms with van der Waals surface area (Å²) in [6, 6.07) is 7.38. The summed E-state index contributed by atoms with van der Waals surface area (Å²) < 4.78 is 4.93. The van der Waals surface area contributed by atoms with Crippen LogP contribution in [0.4, 0.5) is 11.4 Å². The quantitative estimate of drug-likeness (QED) is 0.562. The molecular weight excluding hydrogens is 302 g/mol. The smallest absolute Gasteiger partial charge is 0.276 e. The SMILES string of the molecule is COc1ccc(NC(=O)c2n[nH]c3ccc([N+](=O)[O-])cc23)cn1. The Morgan fingerprint density at radius 3 is 2.83 bits per heavy atom. The fraction of sp³-hybridized carbons (Fsp3) is 0.0714. The van der Waals surface area contributed by atoms with Crippen LogP contribution in [0.3, 0.4) is 0 Å². The van der Waals surface area contributed by atoms with E-state index in [4.69, 9.17) is 4.74 Å². The van der Waals surface area contributed by atoms with E-state index >= 15 is 0 Å². The molecule has 0 saturated carbocycles. The van der Waals surface area contributed by atoms with Crippen LogP contribution in [-0.2, 0) is 0 Å². The van der Waals surface area contributed by atoms with E-state index in [9.17, 15) is 14.9 Å². The van der Waals surface area contributed by atoms with Gasteiger partial charge in [-0.1, -0.05) is 0 Å². The first kappa shape index (κ1) is 14.4. The van der Waals surface area contributed by atoms with E-state index in [0.29, 0.717) is 22.5 Å². The molecule has 0 saturated heterocycles. The van der Waals surface area contributed by atoms with Crippen molar-refractivity contribution < 1.29 is 14.5 Å². The zero-order valence-corrected chi connectivity index (χ0v) is 11.9. The van der Waals surface area contributed by atoms with Gasteiger partial charge in [0.25, 0.3) is 11.6 Å². The number of rotatable bonds is 4. The number of anilines is 1. The Labute approximate surface area is 129 Å². The van der Waals surface area contributed by atoms with Crippen molar-refractivity contribution in [3.8, 4) is 5.88 Å². The van der Waals surface area contributed by atoms with E-state index in [0.717, 1.165) is 0 Å². The van der Waals surface area contributed by atoms with Crippen molar-refractivity contribution in [1.29, 1.82) is 0 Å². The minimum Gasteiger partial charge on any atom is -0.481 e. The summed E-state index contributed by atoms with van der Waals surface area (Å²) in [6.45, 7) is 0. The van der Waals surface area contributed by atoms with Crippen molar-refractivity contribution in [2.75, 3.05) is 12.4 Å². The molecule has 23 heavy (non-hydrogen) atoms. The number of fused-ring (bicyclic) bond motifs is 1. The number of amides is 1. The average Bonchev–Trinajstić information content (AvgIpc) is 2.98. The number of carbonyl (C=O) groups is 1. The molecule has 116 valence electrons. The molecule has 1 amide bonds. The molecular formula is C14H11N5O4. The first-order chi connectivity index (χ1) is 11.1. The summed E-state index contributed by atoms with van der Waals surface area (Å²) in [5, 5.41) is 20.4. The predicted octanol–water partition coefficient (Wildman–Crippen LogP) is 2.13. The number of hydrogen-bond donors (Lipinski definition) is 2. The Hall–Kier alpha value is -3.49. The number of nitro benzene ring substituents is 1. The lowest BCUT2D eigenvalue weighted by Crippen LogP contribution is -2.13. The molecule has 2 heterocycles. The Kier molecular flexibility index (Phi) is 3.59. The molecule has 0 fully saturated rings. The summed E-state index contributed by atoms with van der Waals surface area (Å²) in [5.41, 5.74) is 0.949. The van der Waals surface area contributed by atoms with Crippen LogP contribution >= 0.6 is 0 Å². The number of nitrogens with one attached hydrogen (secondary N) is 2. The number of aromatic amines is 1. The van der Waals surface area contributed by atoms with E-state index in [1.54, 1.807) is 12.1 Å². The molecule has 9 nitrogen and oxygen atoms in total. The van der Waals surface area contributed by atoms with Crippen molar-refractivity contribution in [1.82, 2.24) is 15.2 Å². The predicted molar refractivity (Wildman–Crippen MR) is 81.5 cm³/mol. The normalized spacial score (nSPS) is 10.5. The van der Waals surface area contributed by atoms with Crippen LogP contribution in [0.15, 0.2) is 36.5 Å². The number of nitro groups is 1. The zero-order chi connectivity index (χ0) is 16.4. The molecule has 0 spiro atoms. The van der Waals surface area contributed by atoms with Crippen molar-refractivity contribution in [3.63, 3.8) is 0 Å². The maximum Gasteiger partial charge on any atom is 0.276 e. The van der Waals surface area contributed by atoms with Crippen LogP contribution in [0.25, 0.3) is 10.9 Å². The van der Waals surface area contributed by atoms with Gasteiger partial charge in [0.1, 0.15) is 0 Å². The molecule has 3 aromatic rings. The zero-order valence-electron chi connectivity index (χ0n) is 11.9. The Balaban J connectivity index is 1.90. The molecule has 3 rings (SSSR count). The lowest BCUT2D eigenvalue weighted by molar-refractivity contribution is -0.384. The molecule has 0 aliphatic rings. The second kappa shape index (κ2) is 5.72.